The van der Waals surface area contributed by atoms with E-state index in [2.05, 4.69) is 11.6 Å². The van der Waals surface area contributed by atoms with Crippen molar-refractivity contribution in [1.82, 2.24) is 0 Å². The van der Waals surface area contributed by atoms with Gasteiger partial charge in [-0.1, -0.05) is 16.4 Å². The topological polar surface area (TPSA) is 21.6 Å². The van der Waals surface area contributed by atoms with Crippen molar-refractivity contribution in [1.29, 1.82) is 0 Å². The number of hydrogen-bond donors (Lipinski definition) is 0. The van der Waals surface area contributed by atoms with E-state index in [1.54, 1.807) is 12.3 Å². The minimum atomic E-state index is -1.13. The van der Waals surface area contributed by atoms with Crippen molar-refractivity contribution >= 4 is 16.5 Å². The maximum absolute atomic E-state index is 13.0. The van der Waals surface area contributed by atoms with Gasteiger partial charge in [0.1, 0.15) is 5.82 Å². The molecule has 1 aromatic carbocycles. The second-order valence-corrected chi connectivity index (χ2v) is 8.08. The van der Waals surface area contributed by atoms with E-state index in [9.17, 15) is 4.39 Å². The van der Waals surface area contributed by atoms with Crippen LogP contribution in [0, 0.1) is 12.7 Å². The molecule has 1 rings (SSSR count). The standard InChI is InChI=1S/C13H18FNOS/c1-10-6-7-13(14)8-12(10)9-15-11(2)16-17(3,4)5/h6-9H,2H2,1,3-5H3/b15-9+. The fourth-order valence-electron chi connectivity index (χ4n) is 1.20. The zero-order valence-corrected chi connectivity index (χ0v) is 11.5. The summed E-state index contributed by atoms with van der Waals surface area (Å²) in [5.74, 6) is 0.0844. The number of aryl methyl sites for hydroxylation is 1. The Morgan fingerprint density at radius 1 is 1.41 bits per heavy atom. The lowest BCUT2D eigenvalue weighted by Gasteiger charge is -2.25. The first-order valence-corrected chi connectivity index (χ1v) is 7.93. The lowest BCUT2D eigenvalue weighted by molar-refractivity contribution is 0.482. The summed E-state index contributed by atoms with van der Waals surface area (Å²) in [6.45, 7) is 5.62. The van der Waals surface area contributed by atoms with Crippen LogP contribution in [-0.4, -0.2) is 25.0 Å². The molecule has 0 saturated heterocycles. The van der Waals surface area contributed by atoms with E-state index in [4.69, 9.17) is 4.18 Å². The molecule has 2 nitrogen and oxygen atoms in total. The molecule has 0 amide bonds. The molecular weight excluding hydrogens is 237 g/mol. The Morgan fingerprint density at radius 3 is 2.65 bits per heavy atom. The minimum Gasteiger partial charge on any atom is -0.430 e. The van der Waals surface area contributed by atoms with Gasteiger partial charge >= 0.3 is 0 Å². The summed E-state index contributed by atoms with van der Waals surface area (Å²) in [4.78, 5) is 4.09. The van der Waals surface area contributed by atoms with Crippen LogP contribution in [0.4, 0.5) is 4.39 Å². The van der Waals surface area contributed by atoms with Crippen molar-refractivity contribution in [3.05, 3.63) is 47.6 Å². The quantitative estimate of drug-likeness (QED) is 0.594. The summed E-state index contributed by atoms with van der Waals surface area (Å²) < 4.78 is 18.6. The summed E-state index contributed by atoms with van der Waals surface area (Å²) in [6.07, 6.45) is 7.58. The van der Waals surface area contributed by atoms with Crippen molar-refractivity contribution in [2.24, 2.45) is 4.99 Å². The first-order valence-electron chi connectivity index (χ1n) is 5.15. The average molecular weight is 255 g/mol. The molecule has 0 atom stereocenters. The highest BCUT2D eigenvalue weighted by atomic mass is 32.3. The molecule has 0 aliphatic carbocycles. The van der Waals surface area contributed by atoms with Crippen LogP contribution in [0.3, 0.4) is 0 Å². The van der Waals surface area contributed by atoms with Gasteiger partial charge in [-0.05, 0) is 55.5 Å². The molecule has 0 spiro atoms. The fourth-order valence-corrected chi connectivity index (χ4v) is 1.82. The molecule has 0 bridgehead atoms. The molecule has 17 heavy (non-hydrogen) atoms. The molecule has 1 aromatic rings. The number of halogens is 1. The zero-order chi connectivity index (χ0) is 13.1. The summed E-state index contributed by atoms with van der Waals surface area (Å²) in [5.41, 5.74) is 1.70. The monoisotopic (exact) mass is 255 g/mol. The highest BCUT2D eigenvalue weighted by Crippen LogP contribution is 2.38. The van der Waals surface area contributed by atoms with E-state index in [1.807, 2.05) is 25.7 Å². The number of rotatable bonds is 4. The maximum atomic E-state index is 13.0. The van der Waals surface area contributed by atoms with Crippen LogP contribution in [-0.2, 0) is 4.18 Å². The van der Waals surface area contributed by atoms with E-state index in [0.717, 1.165) is 11.1 Å². The Morgan fingerprint density at radius 2 is 2.06 bits per heavy atom. The number of hydrogen-bond acceptors (Lipinski definition) is 2. The number of nitrogens with zero attached hydrogens (tertiary/aromatic N) is 1. The minimum absolute atomic E-state index is 0.273. The lowest BCUT2D eigenvalue weighted by atomic mass is 10.1. The van der Waals surface area contributed by atoms with Crippen molar-refractivity contribution in [3.63, 3.8) is 0 Å². The SMILES string of the molecule is C=C(/N=C/c1cc(F)ccc1C)OS(C)(C)C. The van der Waals surface area contributed by atoms with Gasteiger partial charge < -0.3 is 4.18 Å². The zero-order valence-electron chi connectivity index (χ0n) is 10.7. The summed E-state index contributed by atoms with van der Waals surface area (Å²) in [5, 5.41) is 0. The van der Waals surface area contributed by atoms with Gasteiger partial charge in [0.25, 0.3) is 0 Å². The number of benzene rings is 1. The van der Waals surface area contributed by atoms with Gasteiger partial charge in [0.15, 0.2) is 0 Å². The molecule has 0 aromatic heterocycles. The molecule has 94 valence electrons. The van der Waals surface area contributed by atoms with E-state index in [-0.39, 0.29) is 5.82 Å². The first-order chi connectivity index (χ1) is 7.78. The van der Waals surface area contributed by atoms with Crippen molar-refractivity contribution in [2.75, 3.05) is 18.8 Å². The van der Waals surface area contributed by atoms with Crippen LogP contribution in [0.1, 0.15) is 11.1 Å². The molecule has 0 heterocycles. The van der Waals surface area contributed by atoms with Gasteiger partial charge in [0.05, 0.1) is 0 Å². The smallest absolute Gasteiger partial charge is 0.217 e. The van der Waals surface area contributed by atoms with Gasteiger partial charge in [-0.15, -0.1) is 0 Å². The lowest BCUT2D eigenvalue weighted by Crippen LogP contribution is -1.97. The van der Waals surface area contributed by atoms with Crippen LogP contribution < -0.4 is 0 Å². The average Bonchev–Trinajstić information content (AvgIpc) is 2.17. The van der Waals surface area contributed by atoms with Crippen LogP contribution in [0.2, 0.25) is 0 Å². The third kappa shape index (κ3) is 5.04. The molecule has 0 aliphatic heterocycles. The summed E-state index contributed by atoms with van der Waals surface area (Å²) >= 11 is 0. The fraction of sp³-hybridized carbons (Fsp3) is 0.308. The number of aliphatic imine (C=N–C) groups is 1. The Balaban J connectivity index is 2.77. The maximum Gasteiger partial charge on any atom is 0.217 e. The highest BCUT2D eigenvalue weighted by molar-refractivity contribution is 8.28. The Bertz CT molecular complexity index is 449. The van der Waals surface area contributed by atoms with Crippen LogP contribution >= 0.6 is 10.3 Å². The van der Waals surface area contributed by atoms with E-state index in [1.165, 1.54) is 12.1 Å². The van der Waals surface area contributed by atoms with E-state index >= 15 is 0 Å². The predicted molar refractivity (Wildman–Crippen MR) is 74.3 cm³/mol. The van der Waals surface area contributed by atoms with Crippen molar-refractivity contribution in [3.8, 4) is 0 Å². The highest BCUT2D eigenvalue weighted by Gasteiger charge is 2.05. The van der Waals surface area contributed by atoms with Gasteiger partial charge in [-0.25, -0.2) is 9.38 Å². The van der Waals surface area contributed by atoms with E-state index < -0.39 is 10.3 Å². The van der Waals surface area contributed by atoms with Gasteiger partial charge in [-0.2, -0.15) is 0 Å². The first kappa shape index (κ1) is 13.8. The third-order valence-corrected chi connectivity index (χ3v) is 2.63. The second-order valence-electron chi connectivity index (χ2n) is 4.46. The molecule has 0 radical (unpaired) electrons. The van der Waals surface area contributed by atoms with Gasteiger partial charge in [0, 0.05) is 6.21 Å². The summed E-state index contributed by atoms with van der Waals surface area (Å²) in [7, 11) is -1.13. The normalized spacial score (nSPS) is 12.8. The Hall–Kier alpha value is -1.29. The molecule has 0 N–H and O–H groups in total. The molecule has 0 aliphatic rings. The van der Waals surface area contributed by atoms with Crippen LogP contribution in [0.15, 0.2) is 35.7 Å². The summed E-state index contributed by atoms with van der Waals surface area (Å²) in [6, 6.07) is 4.59. The molecule has 4 heteroatoms. The Labute approximate surface area is 104 Å². The molecule has 0 saturated carbocycles. The third-order valence-electron chi connectivity index (χ3n) is 1.94. The van der Waals surface area contributed by atoms with Crippen LogP contribution in [0.5, 0.6) is 0 Å². The Kier molecular flexibility index (Phi) is 4.34. The van der Waals surface area contributed by atoms with Gasteiger partial charge in [-0.3, -0.25) is 0 Å². The van der Waals surface area contributed by atoms with Crippen molar-refractivity contribution in [2.45, 2.75) is 6.92 Å². The largest absolute Gasteiger partial charge is 0.430 e. The molecule has 0 unspecified atom stereocenters. The van der Waals surface area contributed by atoms with E-state index in [0.29, 0.717) is 5.88 Å². The molecular formula is C13H18FNOS. The van der Waals surface area contributed by atoms with Crippen molar-refractivity contribution < 1.29 is 8.57 Å². The second kappa shape index (κ2) is 5.36. The predicted octanol–water partition coefficient (Wildman–Crippen LogP) is 3.65. The van der Waals surface area contributed by atoms with Gasteiger partial charge in [0.2, 0.25) is 5.88 Å². The molecule has 0 fully saturated rings. The van der Waals surface area contributed by atoms with Crippen LogP contribution in [0.25, 0.3) is 0 Å².